The van der Waals surface area contributed by atoms with Gasteiger partial charge in [0.15, 0.2) is 0 Å². The van der Waals surface area contributed by atoms with E-state index in [1.54, 1.807) is 24.3 Å². The molecule has 0 unspecified atom stereocenters. The highest BCUT2D eigenvalue weighted by Gasteiger charge is 2.13. The molecule has 0 heterocycles. The predicted octanol–water partition coefficient (Wildman–Crippen LogP) is 3.96. The van der Waals surface area contributed by atoms with Crippen molar-refractivity contribution >= 4 is 0 Å². The number of rotatable bonds is 7. The van der Waals surface area contributed by atoms with E-state index < -0.39 is 6.10 Å². The average molecular weight is 304 g/mol. The normalized spacial score (nSPS) is 13.8. The van der Waals surface area contributed by atoms with Gasteiger partial charge in [0.25, 0.3) is 0 Å². The monoisotopic (exact) mass is 304 g/mol. The average Bonchev–Trinajstić information content (AvgIpc) is 2.45. The van der Waals surface area contributed by atoms with Gasteiger partial charge in [0.05, 0.1) is 12.2 Å². The lowest BCUT2D eigenvalue weighted by Gasteiger charge is -2.17. The van der Waals surface area contributed by atoms with Gasteiger partial charge >= 0.3 is 0 Å². The first kappa shape index (κ1) is 18.5. The number of benzene rings is 1. The number of hydrogen-bond acceptors (Lipinski definition) is 3. The number of hydrogen-bond donors (Lipinski definition) is 3. The van der Waals surface area contributed by atoms with Crippen LogP contribution in [0, 0.1) is 11.8 Å². The smallest absolute Gasteiger partial charge is 0.115 e. The number of phenolic OH excluding ortho intramolecular Hbond substituents is 1. The lowest BCUT2D eigenvalue weighted by atomic mass is 9.93. The van der Waals surface area contributed by atoms with Crippen LogP contribution >= 0.6 is 0 Å². The maximum Gasteiger partial charge on any atom is 0.115 e. The third-order valence-corrected chi connectivity index (χ3v) is 3.78. The minimum Gasteiger partial charge on any atom is -0.508 e. The van der Waals surface area contributed by atoms with E-state index >= 15 is 0 Å². The second-order valence-corrected chi connectivity index (χ2v) is 6.39. The molecule has 0 bridgehead atoms. The SMILES string of the molecule is CC(C)C(=C=CC[C@@H](O)c1cccc(O)c1)C[C@@H](O)C(C)C. The molecule has 3 N–H and O–H groups in total. The quantitative estimate of drug-likeness (QED) is 0.668. The molecule has 0 aliphatic carbocycles. The Balaban J connectivity index is 2.77. The molecule has 0 aromatic heterocycles. The van der Waals surface area contributed by atoms with E-state index in [9.17, 15) is 15.3 Å². The Morgan fingerprint density at radius 1 is 1.18 bits per heavy atom. The highest BCUT2D eigenvalue weighted by Crippen LogP contribution is 2.22. The Labute approximate surface area is 133 Å². The topological polar surface area (TPSA) is 60.7 Å². The maximum atomic E-state index is 10.1. The Morgan fingerprint density at radius 2 is 1.86 bits per heavy atom. The van der Waals surface area contributed by atoms with Crippen LogP contribution in [0.5, 0.6) is 5.75 Å². The summed E-state index contributed by atoms with van der Waals surface area (Å²) in [6.45, 7) is 8.15. The molecule has 22 heavy (non-hydrogen) atoms. The van der Waals surface area contributed by atoms with Crippen LogP contribution in [0.25, 0.3) is 0 Å². The molecule has 1 aromatic rings. The van der Waals surface area contributed by atoms with Gasteiger partial charge in [0.1, 0.15) is 5.75 Å². The molecule has 1 aromatic carbocycles. The summed E-state index contributed by atoms with van der Waals surface area (Å²) in [7, 11) is 0. The highest BCUT2D eigenvalue weighted by atomic mass is 16.3. The Bertz CT molecular complexity index is 525. The number of aliphatic hydroxyl groups excluding tert-OH is 2. The zero-order valence-electron chi connectivity index (χ0n) is 14.0. The third-order valence-electron chi connectivity index (χ3n) is 3.78. The molecule has 0 saturated heterocycles. The van der Waals surface area contributed by atoms with Crippen molar-refractivity contribution < 1.29 is 15.3 Å². The minimum atomic E-state index is -0.664. The van der Waals surface area contributed by atoms with Gasteiger partial charge < -0.3 is 15.3 Å². The Morgan fingerprint density at radius 3 is 2.41 bits per heavy atom. The largest absolute Gasteiger partial charge is 0.508 e. The number of aromatic hydroxyl groups is 1. The van der Waals surface area contributed by atoms with Crippen LogP contribution in [0.1, 0.15) is 52.2 Å². The van der Waals surface area contributed by atoms with Crippen molar-refractivity contribution in [2.24, 2.45) is 11.8 Å². The van der Waals surface area contributed by atoms with Gasteiger partial charge in [-0.3, -0.25) is 0 Å². The van der Waals surface area contributed by atoms with Crippen LogP contribution in [0.4, 0.5) is 0 Å². The first-order valence-corrected chi connectivity index (χ1v) is 7.90. The van der Waals surface area contributed by atoms with Gasteiger partial charge in [-0.1, -0.05) is 39.8 Å². The molecule has 1 rings (SSSR count). The second-order valence-electron chi connectivity index (χ2n) is 6.39. The van der Waals surface area contributed by atoms with Gasteiger partial charge in [-0.15, -0.1) is 5.73 Å². The lowest BCUT2D eigenvalue weighted by Crippen LogP contribution is -2.16. The van der Waals surface area contributed by atoms with Crippen LogP contribution in [0.2, 0.25) is 0 Å². The third kappa shape index (κ3) is 6.07. The van der Waals surface area contributed by atoms with Crippen molar-refractivity contribution in [2.75, 3.05) is 0 Å². The van der Waals surface area contributed by atoms with Crippen molar-refractivity contribution in [3.8, 4) is 5.75 Å². The van der Waals surface area contributed by atoms with E-state index in [4.69, 9.17) is 0 Å². The van der Waals surface area contributed by atoms with Gasteiger partial charge in [-0.05, 0) is 41.2 Å². The van der Waals surface area contributed by atoms with Gasteiger partial charge in [-0.2, -0.15) is 0 Å². The molecule has 2 atom stereocenters. The zero-order chi connectivity index (χ0) is 16.7. The highest BCUT2D eigenvalue weighted by molar-refractivity contribution is 5.28. The van der Waals surface area contributed by atoms with Crippen LogP contribution in [-0.2, 0) is 0 Å². The molecule has 0 spiro atoms. The van der Waals surface area contributed by atoms with E-state index in [0.717, 1.165) is 5.57 Å². The number of phenols is 1. The molecular weight excluding hydrogens is 276 g/mol. The molecule has 0 amide bonds. The molecule has 0 saturated carbocycles. The Kier molecular flexibility index (Phi) is 7.40. The Hall–Kier alpha value is -1.54. The number of aliphatic hydroxyl groups is 2. The van der Waals surface area contributed by atoms with Crippen molar-refractivity contribution in [2.45, 2.75) is 52.7 Å². The molecule has 0 aliphatic rings. The summed E-state index contributed by atoms with van der Waals surface area (Å²) >= 11 is 0. The summed E-state index contributed by atoms with van der Waals surface area (Å²) in [4.78, 5) is 0. The molecule has 3 nitrogen and oxygen atoms in total. The van der Waals surface area contributed by atoms with Gasteiger partial charge in [0.2, 0.25) is 0 Å². The van der Waals surface area contributed by atoms with E-state index in [-0.39, 0.29) is 17.8 Å². The molecule has 0 radical (unpaired) electrons. The first-order chi connectivity index (χ1) is 10.3. The lowest BCUT2D eigenvalue weighted by molar-refractivity contribution is 0.123. The van der Waals surface area contributed by atoms with E-state index in [2.05, 4.69) is 19.6 Å². The fraction of sp³-hybridized carbons (Fsp3) is 0.526. The summed E-state index contributed by atoms with van der Waals surface area (Å²) in [6, 6.07) is 6.64. The molecular formula is C19H28O3. The minimum absolute atomic E-state index is 0.152. The predicted molar refractivity (Wildman–Crippen MR) is 89.6 cm³/mol. The summed E-state index contributed by atoms with van der Waals surface area (Å²) < 4.78 is 0. The van der Waals surface area contributed by atoms with Crippen LogP contribution < -0.4 is 0 Å². The summed E-state index contributed by atoms with van der Waals surface area (Å²) in [6.07, 6.45) is 1.82. The fourth-order valence-corrected chi connectivity index (χ4v) is 2.09. The second kappa shape index (κ2) is 8.79. The van der Waals surface area contributed by atoms with Gasteiger partial charge in [0, 0.05) is 12.8 Å². The van der Waals surface area contributed by atoms with Gasteiger partial charge in [-0.25, -0.2) is 0 Å². The molecule has 0 aliphatic heterocycles. The van der Waals surface area contributed by atoms with Crippen LogP contribution in [0.15, 0.2) is 41.6 Å². The maximum absolute atomic E-state index is 10.1. The first-order valence-electron chi connectivity index (χ1n) is 7.90. The van der Waals surface area contributed by atoms with E-state index in [1.165, 1.54) is 0 Å². The molecule has 0 fully saturated rings. The summed E-state index contributed by atoms with van der Waals surface area (Å²) in [5.74, 6) is 0.676. The van der Waals surface area contributed by atoms with Crippen molar-refractivity contribution in [3.63, 3.8) is 0 Å². The van der Waals surface area contributed by atoms with Crippen molar-refractivity contribution in [1.82, 2.24) is 0 Å². The van der Waals surface area contributed by atoms with Crippen LogP contribution in [-0.4, -0.2) is 21.4 Å². The van der Waals surface area contributed by atoms with Crippen molar-refractivity contribution in [3.05, 3.63) is 47.2 Å². The molecule has 122 valence electrons. The van der Waals surface area contributed by atoms with Crippen LogP contribution in [0.3, 0.4) is 0 Å². The fourth-order valence-electron chi connectivity index (χ4n) is 2.09. The van der Waals surface area contributed by atoms with Crippen molar-refractivity contribution in [1.29, 1.82) is 0 Å². The summed E-state index contributed by atoms with van der Waals surface area (Å²) in [5.41, 5.74) is 4.98. The standard InChI is InChI=1S/C19H28O3/c1-13(2)15(12-19(22)14(3)4)7-6-10-18(21)16-8-5-9-17(20)11-16/h5-6,8-9,11,13-14,18-22H,10,12H2,1-4H3/t7?,18-,19-/m1/s1. The zero-order valence-corrected chi connectivity index (χ0v) is 14.0. The van der Waals surface area contributed by atoms with E-state index in [0.29, 0.717) is 24.3 Å². The molecule has 3 heteroatoms. The summed E-state index contributed by atoms with van der Waals surface area (Å²) in [5, 5.41) is 29.6. The van der Waals surface area contributed by atoms with E-state index in [1.807, 2.05) is 19.9 Å².